The summed E-state index contributed by atoms with van der Waals surface area (Å²) in [7, 11) is 0. The van der Waals surface area contributed by atoms with Crippen molar-refractivity contribution in [3.05, 3.63) is 57.8 Å². The molecular weight excluding hydrogens is 337 g/mol. The molecule has 0 saturated carbocycles. The van der Waals surface area contributed by atoms with Crippen LogP contribution in [0.1, 0.15) is 10.4 Å². The van der Waals surface area contributed by atoms with Gasteiger partial charge < -0.3 is 11.1 Å². The number of nitrogen functional groups attached to an aromatic ring is 1. The van der Waals surface area contributed by atoms with Crippen LogP contribution < -0.4 is 11.1 Å². The topological polar surface area (TPSA) is 55.1 Å². The highest BCUT2D eigenvalue weighted by Crippen LogP contribution is 2.23. The molecule has 0 spiro atoms. The number of carbonyl (C=O) groups is 1. The van der Waals surface area contributed by atoms with E-state index in [4.69, 9.17) is 5.73 Å². The lowest BCUT2D eigenvalue weighted by Crippen LogP contribution is -2.15. The molecule has 0 atom stereocenters. The smallest absolute Gasteiger partial charge is 0.257 e. The predicted molar refractivity (Wildman–Crippen MR) is 72.8 cm³/mol. The first kappa shape index (κ1) is 14.4. The fourth-order valence-electron chi connectivity index (χ4n) is 1.54. The summed E-state index contributed by atoms with van der Waals surface area (Å²) in [4.78, 5) is 11.9. The van der Waals surface area contributed by atoms with E-state index in [-0.39, 0.29) is 11.3 Å². The van der Waals surface area contributed by atoms with Gasteiger partial charge in [0.1, 0.15) is 0 Å². The molecule has 2 rings (SSSR count). The van der Waals surface area contributed by atoms with Gasteiger partial charge in [0.15, 0.2) is 17.5 Å². The normalized spacial score (nSPS) is 10.4. The van der Waals surface area contributed by atoms with Gasteiger partial charge in [-0.05, 0) is 30.3 Å². The minimum Gasteiger partial charge on any atom is -0.398 e. The molecule has 0 bridgehead atoms. The maximum absolute atomic E-state index is 13.4. The van der Waals surface area contributed by atoms with Crippen LogP contribution in [0, 0.1) is 17.5 Å². The van der Waals surface area contributed by atoms with Gasteiger partial charge in [-0.3, -0.25) is 4.79 Å². The fourth-order valence-corrected chi connectivity index (χ4v) is 1.90. The van der Waals surface area contributed by atoms with Gasteiger partial charge in [0.05, 0.1) is 11.3 Å². The maximum atomic E-state index is 13.4. The van der Waals surface area contributed by atoms with Crippen molar-refractivity contribution in [3.63, 3.8) is 0 Å². The van der Waals surface area contributed by atoms with Gasteiger partial charge in [-0.15, -0.1) is 0 Å². The van der Waals surface area contributed by atoms with Crippen LogP contribution in [0.25, 0.3) is 0 Å². The number of halogens is 4. The molecule has 0 aliphatic carbocycles. The second kappa shape index (κ2) is 5.54. The van der Waals surface area contributed by atoms with Crippen molar-refractivity contribution in [2.24, 2.45) is 0 Å². The monoisotopic (exact) mass is 344 g/mol. The molecule has 0 unspecified atom stereocenters. The molecule has 0 aliphatic rings. The van der Waals surface area contributed by atoms with Gasteiger partial charge in [0, 0.05) is 10.2 Å². The van der Waals surface area contributed by atoms with Crippen LogP contribution in [-0.4, -0.2) is 5.91 Å². The maximum Gasteiger partial charge on any atom is 0.257 e. The SMILES string of the molecule is Nc1ccc(Br)cc1C(=O)Nc1ccc(F)c(F)c1F. The summed E-state index contributed by atoms with van der Waals surface area (Å²) in [6, 6.07) is 6.20. The van der Waals surface area contributed by atoms with E-state index < -0.39 is 29.0 Å². The lowest BCUT2D eigenvalue weighted by molar-refractivity contribution is 0.102. The summed E-state index contributed by atoms with van der Waals surface area (Å²) in [6.07, 6.45) is 0. The van der Waals surface area contributed by atoms with Crippen LogP contribution >= 0.6 is 15.9 Å². The number of hydrogen-bond donors (Lipinski definition) is 2. The van der Waals surface area contributed by atoms with Gasteiger partial charge in [-0.2, -0.15) is 0 Å². The van der Waals surface area contributed by atoms with E-state index in [0.717, 1.165) is 12.1 Å². The zero-order valence-electron chi connectivity index (χ0n) is 9.88. The molecule has 0 aromatic heterocycles. The van der Waals surface area contributed by atoms with Crippen molar-refractivity contribution < 1.29 is 18.0 Å². The number of nitrogens with one attached hydrogen (secondary N) is 1. The van der Waals surface area contributed by atoms with Gasteiger partial charge in [-0.25, -0.2) is 13.2 Å². The number of benzene rings is 2. The van der Waals surface area contributed by atoms with E-state index in [1.54, 1.807) is 6.07 Å². The van der Waals surface area contributed by atoms with Crippen LogP contribution in [0.15, 0.2) is 34.8 Å². The first-order valence-electron chi connectivity index (χ1n) is 5.40. The molecule has 104 valence electrons. The largest absolute Gasteiger partial charge is 0.398 e. The molecule has 2 aromatic rings. The van der Waals surface area contributed by atoms with Crippen LogP contribution in [-0.2, 0) is 0 Å². The molecule has 3 nitrogen and oxygen atoms in total. The quantitative estimate of drug-likeness (QED) is 0.644. The lowest BCUT2D eigenvalue weighted by Gasteiger charge is -2.09. The standard InChI is InChI=1S/C13H8BrF3N2O/c14-6-1-3-9(18)7(5-6)13(20)19-10-4-2-8(15)11(16)12(10)17/h1-5H,18H2,(H,19,20). The Bertz CT molecular complexity index is 692. The number of hydrogen-bond acceptors (Lipinski definition) is 2. The lowest BCUT2D eigenvalue weighted by atomic mass is 10.1. The molecular formula is C13H8BrF3N2O. The fraction of sp³-hybridized carbons (Fsp3) is 0. The molecule has 0 fully saturated rings. The van der Waals surface area contributed by atoms with E-state index in [0.29, 0.717) is 4.47 Å². The summed E-state index contributed by atoms with van der Waals surface area (Å²) < 4.78 is 39.9. The molecule has 7 heteroatoms. The highest BCUT2D eigenvalue weighted by Gasteiger charge is 2.17. The molecule has 20 heavy (non-hydrogen) atoms. The first-order chi connectivity index (χ1) is 9.40. The number of anilines is 2. The third-order valence-corrected chi connectivity index (χ3v) is 3.04. The summed E-state index contributed by atoms with van der Waals surface area (Å²) in [5, 5.41) is 2.14. The zero-order chi connectivity index (χ0) is 14.9. The van der Waals surface area contributed by atoms with Crippen molar-refractivity contribution in [2.75, 3.05) is 11.1 Å². The minimum absolute atomic E-state index is 0.0866. The molecule has 0 aliphatic heterocycles. The highest BCUT2D eigenvalue weighted by atomic mass is 79.9. The Morgan fingerprint density at radius 3 is 2.50 bits per heavy atom. The number of carbonyl (C=O) groups excluding carboxylic acids is 1. The second-order valence-corrected chi connectivity index (χ2v) is 4.82. The zero-order valence-corrected chi connectivity index (χ0v) is 11.5. The summed E-state index contributed by atoms with van der Waals surface area (Å²) >= 11 is 3.17. The van der Waals surface area contributed by atoms with Crippen LogP contribution in [0.5, 0.6) is 0 Å². The van der Waals surface area contributed by atoms with Crippen molar-refractivity contribution >= 4 is 33.2 Å². The van der Waals surface area contributed by atoms with Crippen molar-refractivity contribution in [1.82, 2.24) is 0 Å². The Kier molecular flexibility index (Phi) is 3.99. The van der Waals surface area contributed by atoms with Crippen molar-refractivity contribution in [2.45, 2.75) is 0 Å². The summed E-state index contributed by atoms with van der Waals surface area (Å²) in [6.45, 7) is 0. The Morgan fingerprint density at radius 2 is 1.80 bits per heavy atom. The van der Waals surface area contributed by atoms with Crippen LogP contribution in [0.4, 0.5) is 24.5 Å². The van der Waals surface area contributed by atoms with Crippen LogP contribution in [0.3, 0.4) is 0 Å². The van der Waals surface area contributed by atoms with E-state index in [2.05, 4.69) is 21.2 Å². The number of amides is 1. The highest BCUT2D eigenvalue weighted by molar-refractivity contribution is 9.10. The van der Waals surface area contributed by atoms with E-state index in [1.807, 2.05) is 0 Å². The molecule has 1 amide bonds. The molecule has 0 saturated heterocycles. The number of nitrogens with two attached hydrogens (primary N) is 1. The van der Waals surface area contributed by atoms with Crippen molar-refractivity contribution in [3.8, 4) is 0 Å². The molecule has 0 heterocycles. The molecule has 2 aromatic carbocycles. The first-order valence-corrected chi connectivity index (χ1v) is 6.19. The average Bonchev–Trinajstić information content (AvgIpc) is 2.42. The Balaban J connectivity index is 2.33. The predicted octanol–water partition coefficient (Wildman–Crippen LogP) is 3.70. The van der Waals surface area contributed by atoms with Gasteiger partial charge >= 0.3 is 0 Å². The van der Waals surface area contributed by atoms with E-state index in [1.165, 1.54) is 12.1 Å². The van der Waals surface area contributed by atoms with Crippen LogP contribution in [0.2, 0.25) is 0 Å². The average molecular weight is 345 g/mol. The minimum atomic E-state index is -1.65. The Morgan fingerprint density at radius 1 is 1.10 bits per heavy atom. The number of rotatable bonds is 2. The summed E-state index contributed by atoms with van der Waals surface area (Å²) in [5.41, 5.74) is 5.42. The molecule has 0 radical (unpaired) electrons. The van der Waals surface area contributed by atoms with Gasteiger partial charge in [0.2, 0.25) is 0 Å². The third kappa shape index (κ3) is 2.77. The Hall–Kier alpha value is -2.02. The van der Waals surface area contributed by atoms with Crippen molar-refractivity contribution in [1.29, 1.82) is 0 Å². The van der Waals surface area contributed by atoms with Gasteiger partial charge in [0.25, 0.3) is 5.91 Å². The Labute approximate surface area is 120 Å². The van der Waals surface area contributed by atoms with E-state index in [9.17, 15) is 18.0 Å². The molecule has 3 N–H and O–H groups in total. The van der Waals surface area contributed by atoms with E-state index >= 15 is 0 Å². The summed E-state index contributed by atoms with van der Waals surface area (Å²) in [5.74, 6) is -5.17. The third-order valence-electron chi connectivity index (χ3n) is 2.54. The second-order valence-electron chi connectivity index (χ2n) is 3.91. The van der Waals surface area contributed by atoms with Gasteiger partial charge in [-0.1, -0.05) is 15.9 Å².